The molecule has 0 aliphatic rings. The lowest BCUT2D eigenvalue weighted by molar-refractivity contribution is -0.119. The van der Waals surface area contributed by atoms with Crippen molar-refractivity contribution in [3.8, 4) is 0 Å². The van der Waals surface area contributed by atoms with Crippen molar-refractivity contribution in [2.45, 2.75) is 17.4 Å². The summed E-state index contributed by atoms with van der Waals surface area (Å²) in [5.74, 6) is -0.204. The van der Waals surface area contributed by atoms with Crippen LogP contribution in [0.4, 0.5) is 4.39 Å². The van der Waals surface area contributed by atoms with E-state index in [1.807, 2.05) is 0 Å². The van der Waals surface area contributed by atoms with Crippen LogP contribution in [0.5, 0.6) is 0 Å². The minimum atomic E-state index is -0.649. The van der Waals surface area contributed by atoms with E-state index in [1.54, 1.807) is 18.2 Å². The van der Waals surface area contributed by atoms with Crippen LogP contribution in [0, 0.1) is 5.82 Å². The number of hydrogen-bond donors (Lipinski definition) is 2. The third-order valence-electron chi connectivity index (χ3n) is 1.89. The van der Waals surface area contributed by atoms with Crippen molar-refractivity contribution in [2.24, 2.45) is 11.5 Å². The maximum Gasteiger partial charge on any atom is 0.234 e. The lowest BCUT2D eigenvalue weighted by Crippen LogP contribution is -2.36. The molecule has 1 aromatic rings. The first kappa shape index (κ1) is 12.0. The molecular weight excluding hydrogens is 215 g/mol. The number of nitrogens with two attached hydrogens (primary N) is 2. The lowest BCUT2D eigenvalue weighted by atomic mass is 10.2. The number of halogens is 1. The van der Waals surface area contributed by atoms with E-state index in [2.05, 4.69) is 0 Å². The third-order valence-corrected chi connectivity index (χ3v) is 2.97. The molecule has 1 atom stereocenters. The van der Waals surface area contributed by atoms with Crippen LogP contribution in [0.3, 0.4) is 0 Å². The number of rotatable bonds is 5. The summed E-state index contributed by atoms with van der Waals surface area (Å²) >= 11 is 1.33. The molecule has 0 aromatic heterocycles. The maximum absolute atomic E-state index is 13.1. The summed E-state index contributed by atoms with van der Waals surface area (Å²) in [7, 11) is 0. The van der Waals surface area contributed by atoms with Crippen molar-refractivity contribution in [3.63, 3.8) is 0 Å². The molecule has 0 fully saturated rings. The fourth-order valence-electron chi connectivity index (χ4n) is 1.000. The highest BCUT2D eigenvalue weighted by Crippen LogP contribution is 2.21. The number of primary amides is 1. The first-order chi connectivity index (χ1) is 7.11. The van der Waals surface area contributed by atoms with E-state index in [0.29, 0.717) is 17.1 Å². The molecular formula is C10H13FN2OS. The predicted molar refractivity (Wildman–Crippen MR) is 58.9 cm³/mol. The lowest BCUT2D eigenvalue weighted by Gasteiger charge is -2.06. The maximum atomic E-state index is 13.1. The van der Waals surface area contributed by atoms with Gasteiger partial charge in [-0.15, -0.1) is 11.8 Å². The molecule has 1 amide bonds. The summed E-state index contributed by atoms with van der Waals surface area (Å²) in [4.78, 5) is 11.2. The molecule has 0 radical (unpaired) electrons. The van der Waals surface area contributed by atoms with Gasteiger partial charge in [-0.2, -0.15) is 0 Å². The van der Waals surface area contributed by atoms with Crippen LogP contribution in [0.15, 0.2) is 29.2 Å². The van der Waals surface area contributed by atoms with Gasteiger partial charge in [-0.25, -0.2) is 4.39 Å². The molecule has 0 saturated carbocycles. The first-order valence-electron chi connectivity index (χ1n) is 4.53. The van der Waals surface area contributed by atoms with Gasteiger partial charge in [0.2, 0.25) is 5.91 Å². The molecule has 82 valence electrons. The molecule has 1 unspecified atom stereocenters. The highest BCUT2D eigenvalue weighted by Gasteiger charge is 2.09. The molecule has 4 N–H and O–H groups in total. The van der Waals surface area contributed by atoms with Gasteiger partial charge in [0.25, 0.3) is 0 Å². The van der Waals surface area contributed by atoms with Gasteiger partial charge in [-0.3, -0.25) is 4.79 Å². The smallest absolute Gasteiger partial charge is 0.234 e. The predicted octanol–water partition coefficient (Wildman–Crippen LogP) is 1.12. The molecule has 0 spiro atoms. The molecule has 0 saturated heterocycles. The van der Waals surface area contributed by atoms with Crippen LogP contribution in [-0.2, 0) is 4.79 Å². The summed E-state index contributed by atoms with van der Waals surface area (Å²) in [6.45, 7) is 0. The van der Waals surface area contributed by atoms with Gasteiger partial charge in [-0.05, 0) is 18.6 Å². The van der Waals surface area contributed by atoms with E-state index in [1.165, 1.54) is 17.8 Å². The molecule has 3 nitrogen and oxygen atoms in total. The van der Waals surface area contributed by atoms with Crippen LogP contribution < -0.4 is 11.5 Å². The fourth-order valence-corrected chi connectivity index (χ4v) is 1.97. The first-order valence-corrected chi connectivity index (χ1v) is 5.52. The zero-order valence-electron chi connectivity index (χ0n) is 8.15. The number of thioether (sulfide) groups is 1. The van der Waals surface area contributed by atoms with Gasteiger partial charge in [0.1, 0.15) is 5.82 Å². The minimum absolute atomic E-state index is 0.254. The van der Waals surface area contributed by atoms with Crippen molar-refractivity contribution >= 4 is 17.7 Å². The van der Waals surface area contributed by atoms with Crippen LogP contribution in [0.25, 0.3) is 0 Å². The third kappa shape index (κ3) is 3.89. The molecule has 1 aromatic carbocycles. The van der Waals surface area contributed by atoms with E-state index in [9.17, 15) is 9.18 Å². The zero-order valence-corrected chi connectivity index (χ0v) is 8.97. The van der Waals surface area contributed by atoms with E-state index in [-0.39, 0.29) is 5.82 Å². The normalized spacial score (nSPS) is 12.4. The van der Waals surface area contributed by atoms with Gasteiger partial charge >= 0.3 is 0 Å². The van der Waals surface area contributed by atoms with Gasteiger partial charge in [0.15, 0.2) is 0 Å². The SMILES string of the molecule is NC(=O)C(N)CCSc1ccccc1F. The second-order valence-electron chi connectivity index (χ2n) is 3.08. The number of carbonyl (C=O) groups is 1. The van der Waals surface area contributed by atoms with Crippen LogP contribution in [-0.4, -0.2) is 17.7 Å². The Morgan fingerprint density at radius 3 is 2.73 bits per heavy atom. The van der Waals surface area contributed by atoms with Crippen LogP contribution >= 0.6 is 11.8 Å². The van der Waals surface area contributed by atoms with Crippen LogP contribution in [0.1, 0.15) is 6.42 Å². The van der Waals surface area contributed by atoms with E-state index in [0.717, 1.165) is 0 Å². The Morgan fingerprint density at radius 2 is 2.13 bits per heavy atom. The Kier molecular flexibility index (Phi) is 4.58. The average Bonchev–Trinajstić information content (AvgIpc) is 2.20. The molecule has 0 heterocycles. The van der Waals surface area contributed by atoms with Crippen LogP contribution in [0.2, 0.25) is 0 Å². The van der Waals surface area contributed by atoms with Crippen molar-refractivity contribution < 1.29 is 9.18 Å². The number of carbonyl (C=O) groups excluding carboxylic acids is 1. The summed E-state index contributed by atoms with van der Waals surface area (Å²) < 4.78 is 13.1. The second kappa shape index (κ2) is 5.72. The highest BCUT2D eigenvalue weighted by atomic mass is 32.2. The minimum Gasteiger partial charge on any atom is -0.368 e. The Morgan fingerprint density at radius 1 is 1.47 bits per heavy atom. The summed E-state index contributed by atoms with van der Waals surface area (Å²) in [5.41, 5.74) is 10.4. The zero-order chi connectivity index (χ0) is 11.3. The number of benzene rings is 1. The summed E-state index contributed by atoms with van der Waals surface area (Å²) in [5, 5.41) is 0. The number of hydrogen-bond acceptors (Lipinski definition) is 3. The largest absolute Gasteiger partial charge is 0.368 e. The summed E-state index contributed by atoms with van der Waals surface area (Å²) in [6.07, 6.45) is 0.453. The van der Waals surface area contributed by atoms with Gasteiger partial charge in [0, 0.05) is 10.6 Å². The average molecular weight is 228 g/mol. The van der Waals surface area contributed by atoms with E-state index < -0.39 is 11.9 Å². The Balaban J connectivity index is 2.38. The van der Waals surface area contributed by atoms with Crippen molar-refractivity contribution in [1.82, 2.24) is 0 Å². The van der Waals surface area contributed by atoms with Crippen molar-refractivity contribution in [3.05, 3.63) is 30.1 Å². The molecule has 0 aliphatic carbocycles. The van der Waals surface area contributed by atoms with E-state index in [4.69, 9.17) is 11.5 Å². The van der Waals surface area contributed by atoms with Crippen molar-refractivity contribution in [2.75, 3.05) is 5.75 Å². The van der Waals surface area contributed by atoms with Gasteiger partial charge in [0.05, 0.1) is 6.04 Å². The van der Waals surface area contributed by atoms with Crippen molar-refractivity contribution in [1.29, 1.82) is 0 Å². The highest BCUT2D eigenvalue weighted by molar-refractivity contribution is 7.99. The standard InChI is InChI=1S/C10H13FN2OS/c11-7-3-1-2-4-9(7)15-6-5-8(12)10(13)14/h1-4,8H,5-6,12H2,(H2,13,14). The molecule has 5 heteroatoms. The molecule has 0 aliphatic heterocycles. The van der Waals surface area contributed by atoms with E-state index >= 15 is 0 Å². The Labute approximate surface area is 92.0 Å². The number of amides is 1. The topological polar surface area (TPSA) is 69.1 Å². The van der Waals surface area contributed by atoms with Gasteiger partial charge < -0.3 is 11.5 Å². The Hall–Kier alpha value is -1.07. The molecule has 0 bridgehead atoms. The Bertz CT molecular complexity index is 346. The van der Waals surface area contributed by atoms with Gasteiger partial charge in [-0.1, -0.05) is 12.1 Å². The summed E-state index contributed by atoms with van der Waals surface area (Å²) in [6, 6.07) is 5.84. The second-order valence-corrected chi connectivity index (χ2v) is 4.21. The molecule has 15 heavy (non-hydrogen) atoms. The monoisotopic (exact) mass is 228 g/mol. The quantitative estimate of drug-likeness (QED) is 0.742. The fraction of sp³-hybridized carbons (Fsp3) is 0.300. The molecule has 1 rings (SSSR count).